The largest absolute Gasteiger partial charge is 0.354 e. The first-order valence-electron chi connectivity index (χ1n) is 9.74. The number of aromatic nitrogens is 4. The Hall–Kier alpha value is -2.19. The Labute approximate surface area is 187 Å². The van der Waals surface area contributed by atoms with E-state index >= 15 is 0 Å². The van der Waals surface area contributed by atoms with E-state index in [4.69, 9.17) is 32.7 Å². The monoisotopic (exact) mass is 459 g/mol. The molecule has 9 heteroatoms. The van der Waals surface area contributed by atoms with E-state index in [1.54, 1.807) is 29.7 Å². The summed E-state index contributed by atoms with van der Waals surface area (Å²) in [4.78, 5) is 14.8. The van der Waals surface area contributed by atoms with Gasteiger partial charge in [0.15, 0.2) is 5.76 Å². The van der Waals surface area contributed by atoms with Crippen LogP contribution in [0.4, 0.5) is 0 Å². The number of likely N-dealkylation sites (tertiary alicyclic amines) is 1. The third-order valence-corrected chi connectivity index (χ3v) is 7.11. The summed E-state index contributed by atoms with van der Waals surface area (Å²) in [6.45, 7) is 2.96. The first-order chi connectivity index (χ1) is 14.7. The van der Waals surface area contributed by atoms with Crippen LogP contribution in [0.15, 0.2) is 46.6 Å². The summed E-state index contributed by atoms with van der Waals surface area (Å²) in [5.41, 5.74) is 2.40. The average Bonchev–Trinajstić information content (AvgIpc) is 3.52. The maximum atomic E-state index is 6.12. The lowest BCUT2D eigenvalue weighted by Gasteiger charge is -2.30. The molecule has 4 heterocycles. The number of rotatable bonds is 5. The highest BCUT2D eigenvalue weighted by Crippen LogP contribution is 2.35. The van der Waals surface area contributed by atoms with Crippen LogP contribution in [0, 0.1) is 0 Å². The van der Waals surface area contributed by atoms with Crippen molar-refractivity contribution in [3.05, 3.63) is 62.9 Å². The summed E-state index contributed by atoms with van der Waals surface area (Å²) in [7, 11) is 0. The van der Waals surface area contributed by atoms with Crippen LogP contribution in [0.25, 0.3) is 22.7 Å². The second-order valence-corrected chi connectivity index (χ2v) is 9.07. The van der Waals surface area contributed by atoms with Crippen molar-refractivity contribution in [2.75, 3.05) is 13.1 Å². The molecule has 4 aromatic rings. The number of hydrogen-bond acceptors (Lipinski definition) is 6. The van der Waals surface area contributed by atoms with Crippen molar-refractivity contribution >= 4 is 34.5 Å². The number of imidazole rings is 1. The van der Waals surface area contributed by atoms with Gasteiger partial charge in [-0.3, -0.25) is 4.90 Å². The zero-order valence-electron chi connectivity index (χ0n) is 16.0. The van der Waals surface area contributed by atoms with Crippen LogP contribution >= 0.6 is 34.5 Å². The number of piperidine rings is 1. The van der Waals surface area contributed by atoms with Gasteiger partial charge in [0.25, 0.3) is 0 Å². The lowest BCUT2D eigenvalue weighted by Crippen LogP contribution is -2.32. The van der Waals surface area contributed by atoms with Gasteiger partial charge in [-0.15, -0.1) is 11.3 Å². The first-order valence-corrected chi connectivity index (χ1v) is 11.4. The maximum absolute atomic E-state index is 6.12. The maximum Gasteiger partial charge on any atom is 0.186 e. The number of hydrogen-bond donors (Lipinski definition) is 1. The van der Waals surface area contributed by atoms with Gasteiger partial charge in [0.1, 0.15) is 17.2 Å². The van der Waals surface area contributed by atoms with Gasteiger partial charge in [-0.05, 0) is 38.1 Å². The molecule has 0 unspecified atom stereocenters. The Morgan fingerprint density at radius 2 is 2.00 bits per heavy atom. The van der Waals surface area contributed by atoms with Crippen LogP contribution < -0.4 is 0 Å². The van der Waals surface area contributed by atoms with Gasteiger partial charge < -0.3 is 9.51 Å². The third kappa shape index (κ3) is 4.16. The molecule has 0 amide bonds. The standard InChI is InChI=1S/C21H19Cl2N5OS/c22-15-2-1-14(9-16(15)23)17-10-19(29-27-17)18-12-30-21(26-18)13-3-7-28(8-4-13)11-20-24-5-6-25-20/h1-2,5-6,9-10,12-13H,3-4,7-8,11H2,(H,24,25). The molecule has 5 rings (SSSR count). The van der Waals surface area contributed by atoms with E-state index in [9.17, 15) is 0 Å². The fourth-order valence-electron chi connectivity index (χ4n) is 3.71. The Morgan fingerprint density at radius 3 is 2.77 bits per heavy atom. The highest BCUT2D eigenvalue weighted by atomic mass is 35.5. The highest BCUT2D eigenvalue weighted by molar-refractivity contribution is 7.10. The minimum Gasteiger partial charge on any atom is -0.354 e. The zero-order valence-corrected chi connectivity index (χ0v) is 18.3. The molecule has 0 aliphatic carbocycles. The summed E-state index contributed by atoms with van der Waals surface area (Å²) < 4.78 is 5.55. The minimum absolute atomic E-state index is 0.481. The highest BCUT2D eigenvalue weighted by Gasteiger charge is 2.24. The molecular weight excluding hydrogens is 441 g/mol. The molecule has 1 saturated heterocycles. The number of nitrogens with one attached hydrogen (secondary N) is 1. The number of nitrogens with zero attached hydrogens (tertiary/aromatic N) is 4. The lowest BCUT2D eigenvalue weighted by molar-refractivity contribution is 0.200. The predicted molar refractivity (Wildman–Crippen MR) is 119 cm³/mol. The van der Waals surface area contributed by atoms with Crippen molar-refractivity contribution in [1.82, 2.24) is 25.0 Å². The molecule has 1 fully saturated rings. The molecule has 1 aromatic carbocycles. The summed E-state index contributed by atoms with van der Waals surface area (Å²) in [6, 6.07) is 7.31. The lowest BCUT2D eigenvalue weighted by atomic mass is 9.97. The minimum atomic E-state index is 0.481. The normalized spacial score (nSPS) is 15.7. The Bertz CT molecular complexity index is 1130. The SMILES string of the molecule is Clc1ccc(-c2cc(-c3csc(C4CCN(Cc5ncc[nH]5)CC4)n3)on2)cc1Cl. The molecule has 0 bridgehead atoms. The summed E-state index contributed by atoms with van der Waals surface area (Å²) in [6.07, 6.45) is 5.86. The topological polar surface area (TPSA) is 70.8 Å². The van der Waals surface area contributed by atoms with Gasteiger partial charge in [0, 0.05) is 35.3 Å². The van der Waals surface area contributed by atoms with Crippen LogP contribution in [0.2, 0.25) is 10.0 Å². The number of benzene rings is 1. The second kappa shape index (κ2) is 8.51. The molecule has 3 aromatic heterocycles. The number of aromatic amines is 1. The van der Waals surface area contributed by atoms with Crippen molar-refractivity contribution in [3.8, 4) is 22.7 Å². The third-order valence-electron chi connectivity index (χ3n) is 5.36. The Kier molecular flexibility index (Phi) is 5.60. The van der Waals surface area contributed by atoms with Gasteiger partial charge in [-0.1, -0.05) is 34.4 Å². The molecule has 1 aliphatic heterocycles. The molecule has 0 saturated carbocycles. The van der Waals surface area contributed by atoms with Crippen LogP contribution in [0.3, 0.4) is 0 Å². The molecular formula is C21H19Cl2N5OS. The second-order valence-electron chi connectivity index (χ2n) is 7.36. The van der Waals surface area contributed by atoms with Crippen LogP contribution in [0.5, 0.6) is 0 Å². The summed E-state index contributed by atoms with van der Waals surface area (Å²) in [5, 5.41) is 8.39. The number of thiazole rings is 1. The average molecular weight is 460 g/mol. The van der Waals surface area contributed by atoms with Gasteiger partial charge in [-0.2, -0.15) is 0 Å². The van der Waals surface area contributed by atoms with Gasteiger partial charge in [-0.25, -0.2) is 9.97 Å². The van der Waals surface area contributed by atoms with Crippen molar-refractivity contribution in [2.24, 2.45) is 0 Å². The van der Waals surface area contributed by atoms with Crippen LogP contribution in [0.1, 0.15) is 29.6 Å². The predicted octanol–water partition coefficient (Wildman–Crippen LogP) is 5.87. The summed E-state index contributed by atoms with van der Waals surface area (Å²) in [5.74, 6) is 2.16. The molecule has 6 nitrogen and oxygen atoms in total. The van der Waals surface area contributed by atoms with Crippen molar-refractivity contribution in [2.45, 2.75) is 25.3 Å². The molecule has 0 spiro atoms. The van der Waals surface area contributed by atoms with E-state index < -0.39 is 0 Å². The van der Waals surface area contributed by atoms with E-state index in [1.165, 1.54) is 0 Å². The fourth-order valence-corrected chi connectivity index (χ4v) is 4.99. The van der Waals surface area contributed by atoms with E-state index in [2.05, 4.69) is 20.0 Å². The smallest absolute Gasteiger partial charge is 0.186 e. The van der Waals surface area contributed by atoms with Crippen LogP contribution in [-0.2, 0) is 6.54 Å². The van der Waals surface area contributed by atoms with Crippen molar-refractivity contribution in [3.63, 3.8) is 0 Å². The first kappa shape index (κ1) is 19.8. The fraction of sp³-hybridized carbons (Fsp3) is 0.286. The zero-order chi connectivity index (χ0) is 20.5. The van der Waals surface area contributed by atoms with Gasteiger partial charge in [0.2, 0.25) is 0 Å². The van der Waals surface area contributed by atoms with Crippen molar-refractivity contribution in [1.29, 1.82) is 0 Å². The molecule has 1 N–H and O–H groups in total. The van der Waals surface area contributed by atoms with E-state index in [1.807, 2.05) is 23.7 Å². The molecule has 30 heavy (non-hydrogen) atoms. The van der Waals surface area contributed by atoms with E-state index in [0.717, 1.165) is 54.6 Å². The summed E-state index contributed by atoms with van der Waals surface area (Å²) >= 11 is 13.8. The Balaban J connectivity index is 1.25. The Morgan fingerprint density at radius 1 is 1.13 bits per heavy atom. The molecule has 1 aliphatic rings. The molecule has 0 radical (unpaired) electrons. The van der Waals surface area contributed by atoms with Crippen LogP contribution in [-0.4, -0.2) is 38.1 Å². The van der Waals surface area contributed by atoms with Gasteiger partial charge >= 0.3 is 0 Å². The van der Waals surface area contributed by atoms with E-state index in [-0.39, 0.29) is 0 Å². The quantitative estimate of drug-likeness (QED) is 0.403. The van der Waals surface area contributed by atoms with E-state index in [0.29, 0.717) is 27.4 Å². The number of halogens is 2. The van der Waals surface area contributed by atoms with Crippen molar-refractivity contribution < 1.29 is 4.52 Å². The van der Waals surface area contributed by atoms with Gasteiger partial charge in [0.05, 0.1) is 21.6 Å². The number of H-pyrrole nitrogens is 1. The molecule has 154 valence electrons. The molecule has 0 atom stereocenters.